The first-order chi connectivity index (χ1) is 19.3. The fraction of sp³-hybridized carbons (Fsp3) is 0.500. The third-order valence-corrected chi connectivity index (χ3v) is 8.30. The van der Waals surface area contributed by atoms with Gasteiger partial charge in [0.1, 0.15) is 12.1 Å². The maximum Gasteiger partial charge on any atom is 0.254 e. The van der Waals surface area contributed by atoms with E-state index in [-0.39, 0.29) is 47.9 Å². The number of hydrogen-bond acceptors (Lipinski definition) is 6. The summed E-state index contributed by atoms with van der Waals surface area (Å²) in [5.74, 6) is -0.154. The molecule has 0 spiro atoms. The van der Waals surface area contributed by atoms with Gasteiger partial charge in [-0.3, -0.25) is 19.2 Å². The number of carbonyl (C=O) groups excluding carboxylic acids is 4. The van der Waals surface area contributed by atoms with Gasteiger partial charge in [0.15, 0.2) is 0 Å². The van der Waals surface area contributed by atoms with Crippen LogP contribution in [0.3, 0.4) is 0 Å². The van der Waals surface area contributed by atoms with Gasteiger partial charge in [-0.15, -0.1) is 0 Å². The van der Waals surface area contributed by atoms with Gasteiger partial charge in [0.2, 0.25) is 23.6 Å². The number of rotatable bonds is 4. The predicted molar refractivity (Wildman–Crippen MR) is 147 cm³/mol. The van der Waals surface area contributed by atoms with Crippen molar-refractivity contribution in [2.24, 2.45) is 11.8 Å². The molecule has 3 aliphatic heterocycles. The molecule has 5 atom stereocenters. The van der Waals surface area contributed by atoms with Gasteiger partial charge < -0.3 is 25.2 Å². The quantitative estimate of drug-likeness (QED) is 0.602. The number of benzene rings is 1. The molecule has 3 fully saturated rings. The first kappa shape index (κ1) is 27.6. The summed E-state index contributed by atoms with van der Waals surface area (Å²) < 4.78 is 5.20. The van der Waals surface area contributed by atoms with E-state index in [0.717, 1.165) is 12.0 Å². The average molecular weight is 548 g/mol. The Morgan fingerprint density at radius 3 is 2.65 bits per heavy atom. The van der Waals surface area contributed by atoms with Crippen LogP contribution in [0.15, 0.2) is 48.7 Å². The average Bonchev–Trinajstić information content (AvgIpc) is 2.96. The van der Waals surface area contributed by atoms with Crippen LogP contribution in [0.25, 0.3) is 0 Å². The second kappa shape index (κ2) is 12.1. The smallest absolute Gasteiger partial charge is 0.254 e. The number of carbonyl (C=O) groups is 4. The lowest BCUT2D eigenvalue weighted by molar-refractivity contribution is -0.145. The zero-order valence-corrected chi connectivity index (χ0v) is 23.0. The number of methoxy groups -OCH3 is 1. The monoisotopic (exact) mass is 547 g/mol. The van der Waals surface area contributed by atoms with Gasteiger partial charge in [0.25, 0.3) is 5.91 Å². The van der Waals surface area contributed by atoms with Crippen LogP contribution in [-0.4, -0.2) is 83.3 Å². The Kier molecular flexibility index (Phi) is 8.32. The number of nitrogens with one attached hydrogen (secondary N) is 2. The molecule has 0 unspecified atom stereocenters. The molecule has 40 heavy (non-hydrogen) atoms. The Hall–Kier alpha value is -3.95. The van der Waals surface area contributed by atoms with E-state index < -0.39 is 12.1 Å². The van der Waals surface area contributed by atoms with Crippen molar-refractivity contribution in [2.75, 3.05) is 26.7 Å². The highest BCUT2D eigenvalue weighted by Crippen LogP contribution is 2.36. The van der Waals surface area contributed by atoms with Crippen molar-refractivity contribution in [1.82, 2.24) is 25.4 Å². The Morgan fingerprint density at radius 2 is 1.88 bits per heavy atom. The number of amides is 4. The number of piperidine rings is 2. The second-order valence-corrected chi connectivity index (χ2v) is 11.1. The molecule has 0 aliphatic carbocycles. The molecule has 4 amide bonds. The number of likely N-dealkylation sites (tertiary alicyclic amines) is 1. The summed E-state index contributed by atoms with van der Waals surface area (Å²) in [5, 5.41) is 5.70. The van der Waals surface area contributed by atoms with Crippen LogP contribution in [0, 0.1) is 11.8 Å². The van der Waals surface area contributed by atoms with E-state index in [1.807, 2.05) is 40.1 Å². The van der Waals surface area contributed by atoms with Gasteiger partial charge in [0.05, 0.1) is 7.11 Å². The standard InChI is InChI=1S/C30H37N5O5/c1-19-28(37)33-24(14-20-7-4-3-5-8-20)30(39)35-17-21-13-23(25(35)9-6-10-26(36)32-19)18-34(16-21)29(38)22-11-12-31-27(15-22)40-2/h3-5,7-8,11-12,15,19,21,23-25H,6,9-10,13-14,16-18H2,1-2H3,(H,32,36)(H,33,37)/t19-,21+,23-,24+,25+/m1/s1. The van der Waals surface area contributed by atoms with Crippen molar-refractivity contribution in [1.29, 1.82) is 0 Å². The van der Waals surface area contributed by atoms with Gasteiger partial charge >= 0.3 is 0 Å². The summed E-state index contributed by atoms with van der Waals surface area (Å²) in [7, 11) is 1.52. The Morgan fingerprint density at radius 1 is 1.07 bits per heavy atom. The largest absolute Gasteiger partial charge is 0.481 e. The summed E-state index contributed by atoms with van der Waals surface area (Å²) >= 11 is 0. The molecule has 4 heterocycles. The zero-order chi connectivity index (χ0) is 28.2. The molecule has 2 N–H and O–H groups in total. The van der Waals surface area contributed by atoms with Crippen LogP contribution < -0.4 is 15.4 Å². The number of fused-ring (bicyclic) bond motifs is 4. The van der Waals surface area contributed by atoms with Gasteiger partial charge in [-0.05, 0) is 49.7 Å². The second-order valence-electron chi connectivity index (χ2n) is 11.1. The Labute approximate surface area is 234 Å². The third-order valence-electron chi connectivity index (χ3n) is 8.30. The zero-order valence-electron chi connectivity index (χ0n) is 23.0. The first-order valence-electron chi connectivity index (χ1n) is 14.1. The lowest BCUT2D eigenvalue weighted by Crippen LogP contribution is -2.63. The molecule has 2 bridgehead atoms. The van der Waals surface area contributed by atoms with Crippen LogP contribution in [-0.2, 0) is 20.8 Å². The summed E-state index contributed by atoms with van der Waals surface area (Å²) in [6.07, 6.45) is 4.36. The van der Waals surface area contributed by atoms with E-state index in [0.29, 0.717) is 50.3 Å². The molecule has 10 nitrogen and oxygen atoms in total. The SMILES string of the molecule is COc1cc(C(=O)N2C[C@@H]3C[C@H](C2)[C@@H]2CCCC(=O)N[C@H](C)C(=O)N[C@@H](Cc4ccccc4)C(=O)N2C3)ccn1. The van der Waals surface area contributed by atoms with Crippen molar-refractivity contribution in [2.45, 2.75) is 57.2 Å². The number of pyridine rings is 1. The fourth-order valence-electron chi connectivity index (χ4n) is 6.37. The van der Waals surface area contributed by atoms with E-state index in [1.54, 1.807) is 25.3 Å². The number of aromatic nitrogens is 1. The summed E-state index contributed by atoms with van der Waals surface area (Å²) in [6.45, 7) is 3.21. The molecule has 1 aromatic carbocycles. The minimum absolute atomic E-state index is 0.0714. The van der Waals surface area contributed by atoms with Crippen molar-refractivity contribution >= 4 is 23.6 Å². The topological polar surface area (TPSA) is 121 Å². The molecule has 2 aromatic rings. The highest BCUT2D eigenvalue weighted by Gasteiger charge is 2.45. The van der Waals surface area contributed by atoms with Crippen molar-refractivity contribution in [3.05, 3.63) is 59.8 Å². The van der Waals surface area contributed by atoms with Crippen LogP contribution in [0.4, 0.5) is 0 Å². The molecule has 212 valence electrons. The van der Waals surface area contributed by atoms with Crippen LogP contribution in [0.2, 0.25) is 0 Å². The normalized spacial score (nSPS) is 27.4. The van der Waals surface area contributed by atoms with Gasteiger partial charge in [-0.2, -0.15) is 0 Å². The number of ether oxygens (including phenoxy) is 1. The van der Waals surface area contributed by atoms with Crippen molar-refractivity contribution in [3.8, 4) is 5.88 Å². The van der Waals surface area contributed by atoms with Gasteiger partial charge in [-0.1, -0.05) is 30.3 Å². The van der Waals surface area contributed by atoms with Gasteiger partial charge in [0, 0.05) is 56.3 Å². The molecular formula is C30H37N5O5. The van der Waals surface area contributed by atoms with Crippen molar-refractivity contribution < 1.29 is 23.9 Å². The van der Waals surface area contributed by atoms with E-state index >= 15 is 0 Å². The number of nitrogens with zero attached hydrogens (tertiary/aromatic N) is 3. The fourth-order valence-corrected chi connectivity index (χ4v) is 6.37. The van der Waals surface area contributed by atoms with E-state index in [2.05, 4.69) is 15.6 Å². The first-order valence-corrected chi connectivity index (χ1v) is 14.1. The Balaban J connectivity index is 1.41. The highest BCUT2D eigenvalue weighted by atomic mass is 16.5. The lowest BCUT2D eigenvalue weighted by Gasteiger charge is -2.51. The molecule has 3 saturated heterocycles. The van der Waals surface area contributed by atoms with Gasteiger partial charge in [-0.25, -0.2) is 4.98 Å². The van der Waals surface area contributed by atoms with E-state index in [1.165, 1.54) is 7.11 Å². The predicted octanol–water partition coefficient (Wildman–Crippen LogP) is 1.80. The maximum atomic E-state index is 14.2. The van der Waals surface area contributed by atoms with Crippen molar-refractivity contribution in [3.63, 3.8) is 0 Å². The summed E-state index contributed by atoms with van der Waals surface area (Å²) in [4.78, 5) is 61.2. The maximum absolute atomic E-state index is 14.2. The minimum atomic E-state index is -0.753. The lowest BCUT2D eigenvalue weighted by atomic mass is 9.77. The molecule has 5 rings (SSSR count). The van der Waals surface area contributed by atoms with E-state index in [9.17, 15) is 19.2 Å². The molecule has 1 aromatic heterocycles. The Bertz CT molecular complexity index is 1250. The summed E-state index contributed by atoms with van der Waals surface area (Å²) in [5.41, 5.74) is 1.47. The molecule has 10 heteroatoms. The molecule has 3 aliphatic rings. The summed E-state index contributed by atoms with van der Waals surface area (Å²) in [6, 6.07) is 11.4. The molecule has 0 radical (unpaired) electrons. The highest BCUT2D eigenvalue weighted by molar-refractivity contribution is 5.95. The van der Waals surface area contributed by atoms with Crippen LogP contribution in [0.1, 0.15) is 48.5 Å². The van der Waals surface area contributed by atoms with Crippen LogP contribution in [0.5, 0.6) is 5.88 Å². The number of hydrogen-bond donors (Lipinski definition) is 2. The van der Waals surface area contributed by atoms with Crippen LogP contribution >= 0.6 is 0 Å². The molecule has 0 saturated carbocycles. The van der Waals surface area contributed by atoms with E-state index in [4.69, 9.17) is 4.74 Å². The third kappa shape index (κ3) is 6.11. The molecular weight excluding hydrogens is 510 g/mol. The minimum Gasteiger partial charge on any atom is -0.481 e.